The van der Waals surface area contributed by atoms with Crippen molar-refractivity contribution >= 4 is 57.3 Å². The van der Waals surface area contributed by atoms with Crippen LogP contribution >= 0.6 is 0 Å². The maximum absolute atomic E-state index is 4.87. The van der Waals surface area contributed by atoms with Crippen molar-refractivity contribution in [2.45, 2.75) is 6.42 Å². The summed E-state index contributed by atoms with van der Waals surface area (Å²) >= 11 is 0. The molecule has 0 fully saturated rings. The molecular formula is C33H26N4Si. The Hall–Kier alpha value is -4.74. The molecule has 8 bridgehead atoms. The number of benzene rings is 2. The van der Waals surface area contributed by atoms with E-state index in [1.54, 1.807) is 0 Å². The van der Waals surface area contributed by atoms with Crippen LogP contribution in [0.3, 0.4) is 0 Å². The van der Waals surface area contributed by atoms with Gasteiger partial charge in [-0.25, -0.2) is 9.97 Å². The third-order valence-electron chi connectivity index (χ3n) is 7.31. The normalized spacial score (nSPS) is 12.7. The number of rotatable bonds is 1. The predicted molar refractivity (Wildman–Crippen MR) is 164 cm³/mol. The van der Waals surface area contributed by atoms with Crippen LogP contribution in [0.25, 0.3) is 68.6 Å². The second kappa shape index (κ2) is 8.68. The third kappa shape index (κ3) is 3.76. The molecule has 5 heteroatoms. The number of aromatic nitrogens is 4. The van der Waals surface area contributed by atoms with Gasteiger partial charge in [-0.05, 0) is 112 Å². The fraction of sp³-hybridized carbons (Fsp3) is 0.0303. The van der Waals surface area contributed by atoms with Crippen LogP contribution in [0.1, 0.15) is 33.9 Å². The Morgan fingerprint density at radius 3 is 1.79 bits per heavy atom. The van der Waals surface area contributed by atoms with Crippen LogP contribution in [0.5, 0.6) is 0 Å². The lowest BCUT2D eigenvalue weighted by molar-refractivity contribution is 1.26. The molecule has 0 amide bonds. The quantitative estimate of drug-likeness (QED) is 0.252. The van der Waals surface area contributed by atoms with E-state index in [1.165, 1.54) is 33.4 Å². The van der Waals surface area contributed by atoms with Crippen LogP contribution in [0.4, 0.5) is 0 Å². The van der Waals surface area contributed by atoms with Gasteiger partial charge >= 0.3 is 0 Å². The van der Waals surface area contributed by atoms with Crippen molar-refractivity contribution in [3.8, 4) is 22.3 Å². The van der Waals surface area contributed by atoms with E-state index in [2.05, 4.69) is 119 Å². The van der Waals surface area contributed by atoms with Crippen LogP contribution in [-0.4, -0.2) is 30.9 Å². The van der Waals surface area contributed by atoms with Crippen molar-refractivity contribution < 1.29 is 0 Å². The zero-order valence-corrected chi connectivity index (χ0v) is 20.0. The summed E-state index contributed by atoms with van der Waals surface area (Å²) in [5.41, 5.74) is 15.7. The maximum atomic E-state index is 4.87. The molecule has 2 N–H and O–H groups in total. The van der Waals surface area contributed by atoms with Gasteiger partial charge in [-0.2, -0.15) is 0 Å². The number of hydrogen-bond acceptors (Lipinski definition) is 2. The first-order chi connectivity index (χ1) is 18.2. The van der Waals surface area contributed by atoms with Gasteiger partial charge in [0.25, 0.3) is 0 Å². The molecule has 1 aliphatic carbocycles. The van der Waals surface area contributed by atoms with Crippen molar-refractivity contribution in [3.05, 3.63) is 119 Å². The number of nitrogens with zero attached hydrogens (tertiary/aromatic N) is 2. The molecule has 3 aromatic heterocycles. The zero-order valence-electron chi connectivity index (χ0n) is 20.0. The average molecular weight is 507 g/mol. The number of aromatic amines is 2. The lowest BCUT2D eigenvalue weighted by atomic mass is 9.96. The molecule has 0 radical (unpaired) electrons. The molecule has 2 aliphatic heterocycles. The van der Waals surface area contributed by atoms with Gasteiger partial charge in [-0.15, -0.1) is 0 Å². The number of fused-ring (bicyclic) bond motifs is 11. The van der Waals surface area contributed by atoms with Gasteiger partial charge in [0, 0.05) is 27.6 Å². The van der Waals surface area contributed by atoms with Crippen molar-refractivity contribution in [3.63, 3.8) is 0 Å². The Morgan fingerprint density at radius 1 is 0.500 bits per heavy atom. The van der Waals surface area contributed by atoms with Gasteiger partial charge in [0.2, 0.25) is 0 Å². The highest BCUT2D eigenvalue weighted by molar-refractivity contribution is 5.93. The zero-order chi connectivity index (χ0) is 24.3. The smallest absolute Gasteiger partial charge is 0.0658 e. The minimum absolute atomic E-state index is 0. The van der Waals surface area contributed by atoms with Crippen LogP contribution < -0.4 is 0 Å². The maximum Gasteiger partial charge on any atom is 0.0658 e. The molecule has 182 valence electrons. The summed E-state index contributed by atoms with van der Waals surface area (Å²) in [6.45, 7) is 0. The van der Waals surface area contributed by atoms with Crippen LogP contribution in [0.15, 0.2) is 84.9 Å². The molecule has 0 atom stereocenters. The second-order valence-corrected chi connectivity index (χ2v) is 9.75. The van der Waals surface area contributed by atoms with E-state index < -0.39 is 0 Å². The van der Waals surface area contributed by atoms with Crippen molar-refractivity contribution in [2.24, 2.45) is 0 Å². The summed E-state index contributed by atoms with van der Waals surface area (Å²) in [4.78, 5) is 16.8. The van der Waals surface area contributed by atoms with E-state index in [4.69, 9.17) is 9.97 Å². The van der Waals surface area contributed by atoms with Gasteiger partial charge in [0.15, 0.2) is 0 Å². The predicted octanol–water partition coefficient (Wildman–Crippen LogP) is 6.44. The van der Waals surface area contributed by atoms with Crippen LogP contribution in [0, 0.1) is 0 Å². The third-order valence-corrected chi connectivity index (χ3v) is 7.31. The molecule has 0 saturated heterocycles. The van der Waals surface area contributed by atoms with E-state index in [1.807, 2.05) is 0 Å². The molecule has 8 rings (SSSR count). The lowest BCUT2D eigenvalue weighted by Gasteiger charge is -2.07. The standard InChI is InChI=1S/C33H22N4.H4Si/c1-2-5-28-20(4-1)14-31-29(28)6-3-7-30(31)32-18-27-17-25-11-10-23(35-25)15-21-8-9-22(34-21)16-24-12-13-26(36-24)19-33(32)37-27;/h1-13,15-19,34,37H,14H2;1H4. The second-order valence-electron chi connectivity index (χ2n) is 9.75. The molecule has 3 aliphatic rings. The highest BCUT2D eigenvalue weighted by atomic mass is 28.1. The van der Waals surface area contributed by atoms with Gasteiger partial charge in [0.1, 0.15) is 0 Å². The largest absolute Gasteiger partial charge is 0.355 e. The summed E-state index contributed by atoms with van der Waals surface area (Å²) in [5.74, 6) is 0. The summed E-state index contributed by atoms with van der Waals surface area (Å²) in [6, 6.07) is 30.2. The van der Waals surface area contributed by atoms with Gasteiger partial charge in [-0.3, -0.25) is 0 Å². The van der Waals surface area contributed by atoms with E-state index in [0.717, 1.165) is 51.3 Å². The molecule has 0 saturated carbocycles. The highest BCUT2D eigenvalue weighted by Gasteiger charge is 2.22. The van der Waals surface area contributed by atoms with Gasteiger partial charge < -0.3 is 9.97 Å². The first kappa shape index (κ1) is 22.5. The Bertz CT molecular complexity index is 1970. The van der Waals surface area contributed by atoms with E-state index in [9.17, 15) is 0 Å². The summed E-state index contributed by atoms with van der Waals surface area (Å²) < 4.78 is 0. The average Bonchev–Trinajstić information content (AvgIpc) is 3.72. The summed E-state index contributed by atoms with van der Waals surface area (Å²) in [7, 11) is 0. The highest BCUT2D eigenvalue weighted by Crippen LogP contribution is 2.42. The lowest BCUT2D eigenvalue weighted by Crippen LogP contribution is -1.87. The summed E-state index contributed by atoms with van der Waals surface area (Å²) in [6.07, 6.45) is 9.19. The van der Waals surface area contributed by atoms with Crippen molar-refractivity contribution in [1.29, 1.82) is 0 Å². The SMILES string of the molecule is C1=Cc2cc3cc(-c4cccc5c4Cc4ccccc4-5)c(cc4nc(cc5ccc(cc1n2)[nH]5)C=C4)[nH]3.[SiH4]. The molecule has 0 spiro atoms. The summed E-state index contributed by atoms with van der Waals surface area (Å²) in [5, 5.41) is 0. The van der Waals surface area contributed by atoms with E-state index in [-0.39, 0.29) is 11.0 Å². The van der Waals surface area contributed by atoms with E-state index >= 15 is 0 Å². The molecule has 38 heavy (non-hydrogen) atoms. The van der Waals surface area contributed by atoms with E-state index in [0.29, 0.717) is 0 Å². The van der Waals surface area contributed by atoms with Gasteiger partial charge in [0.05, 0.1) is 22.8 Å². The monoisotopic (exact) mass is 506 g/mol. The Kier molecular flexibility index (Phi) is 5.13. The number of hydrogen-bond donors (Lipinski definition) is 2. The Labute approximate surface area is 224 Å². The fourth-order valence-electron chi connectivity index (χ4n) is 5.65. The molecule has 2 aromatic carbocycles. The molecular weight excluding hydrogens is 480 g/mol. The Morgan fingerprint density at radius 2 is 1.08 bits per heavy atom. The topological polar surface area (TPSA) is 57.4 Å². The van der Waals surface area contributed by atoms with Crippen molar-refractivity contribution in [1.82, 2.24) is 19.9 Å². The van der Waals surface area contributed by atoms with Crippen LogP contribution in [-0.2, 0) is 6.42 Å². The van der Waals surface area contributed by atoms with Gasteiger partial charge in [-0.1, -0.05) is 42.5 Å². The minimum Gasteiger partial charge on any atom is -0.355 e. The Balaban J connectivity index is 0.00000242. The first-order valence-corrected chi connectivity index (χ1v) is 12.5. The number of H-pyrrole nitrogens is 2. The molecule has 5 heterocycles. The molecule has 5 aromatic rings. The molecule has 4 nitrogen and oxygen atoms in total. The van der Waals surface area contributed by atoms with Crippen molar-refractivity contribution in [2.75, 3.05) is 0 Å². The minimum atomic E-state index is 0. The fourth-order valence-corrected chi connectivity index (χ4v) is 5.65. The number of nitrogens with one attached hydrogen (secondary N) is 2. The first-order valence-electron chi connectivity index (χ1n) is 12.5. The van der Waals surface area contributed by atoms with Crippen LogP contribution in [0.2, 0.25) is 0 Å². The molecule has 0 unspecified atom stereocenters.